The molecule has 0 radical (unpaired) electrons. The summed E-state index contributed by atoms with van der Waals surface area (Å²) < 4.78 is 40.2. The molecule has 0 spiro atoms. The predicted molar refractivity (Wildman–Crippen MR) is 99.1 cm³/mol. The summed E-state index contributed by atoms with van der Waals surface area (Å²) in [7, 11) is -6.88. The van der Waals surface area contributed by atoms with Gasteiger partial charge in [-0.25, -0.2) is 0 Å². The highest BCUT2D eigenvalue weighted by Gasteiger charge is 2.41. The van der Waals surface area contributed by atoms with Crippen molar-refractivity contribution in [3.8, 4) is 0 Å². The van der Waals surface area contributed by atoms with Gasteiger partial charge in [-0.05, 0) is 16.7 Å². The highest BCUT2D eigenvalue weighted by Crippen LogP contribution is 2.59. The summed E-state index contributed by atoms with van der Waals surface area (Å²) in [5.41, 5.74) is 2.83. The van der Waals surface area contributed by atoms with Crippen LogP contribution >= 0.6 is 10.3 Å². The third kappa shape index (κ3) is 6.36. The lowest BCUT2D eigenvalue weighted by molar-refractivity contribution is -1.91. The van der Waals surface area contributed by atoms with Crippen molar-refractivity contribution in [3.05, 3.63) is 108 Å². The Labute approximate surface area is 163 Å². The van der Waals surface area contributed by atoms with Crippen LogP contribution in [0, 0.1) is 10.2 Å². The summed E-state index contributed by atoms with van der Waals surface area (Å²) in [6.45, 7) is 0. The quantitative estimate of drug-likeness (QED) is 0.576. The second-order valence-corrected chi connectivity index (χ2v) is 10.4. The van der Waals surface area contributed by atoms with Gasteiger partial charge in [-0.2, -0.15) is 14.0 Å². The summed E-state index contributed by atoms with van der Waals surface area (Å²) in [6, 6.07) is 28.6. The standard InChI is InChI=1S/C21H21ClO4S/c23-22(24,25)26-27(16-19-10-4-1-5-11-19,17-20-12-6-2-7-13-20)18-21-14-8-3-9-15-21/h1-15H,16-18H2. The molecule has 0 saturated carbocycles. The zero-order chi connectivity index (χ0) is 19.2. The molecule has 0 saturated heterocycles. The molecule has 0 amide bonds. The monoisotopic (exact) mass is 404 g/mol. The van der Waals surface area contributed by atoms with Crippen LogP contribution in [0.3, 0.4) is 0 Å². The normalized spacial score (nSPS) is 12.7. The van der Waals surface area contributed by atoms with Gasteiger partial charge in [0.1, 0.15) is 3.74 Å². The SMILES string of the molecule is [O-][Cl+3]([O-])([O-])OS(Cc1ccccc1)(Cc1ccccc1)Cc1ccccc1. The first kappa shape index (κ1) is 19.9. The van der Waals surface area contributed by atoms with Crippen LogP contribution in [0.1, 0.15) is 16.7 Å². The molecule has 0 heterocycles. The number of rotatable bonds is 8. The van der Waals surface area contributed by atoms with Gasteiger partial charge in [0.05, 0.1) is 10.2 Å². The van der Waals surface area contributed by atoms with Gasteiger partial charge in [0.15, 0.2) is 0 Å². The molecule has 6 heteroatoms. The van der Waals surface area contributed by atoms with Crippen LogP contribution in [0.25, 0.3) is 0 Å². The lowest BCUT2D eigenvalue weighted by Crippen LogP contribution is -2.61. The number of hydrogen-bond donors (Lipinski definition) is 0. The van der Waals surface area contributed by atoms with Crippen LogP contribution in [0.15, 0.2) is 91.0 Å². The van der Waals surface area contributed by atoms with E-state index in [4.69, 9.17) is 3.74 Å². The maximum Gasteiger partial charge on any atom is 0.122 e. The Morgan fingerprint density at radius 3 is 1.11 bits per heavy atom. The fourth-order valence-electron chi connectivity index (χ4n) is 3.02. The van der Waals surface area contributed by atoms with Crippen molar-refractivity contribution in [2.75, 3.05) is 0 Å². The van der Waals surface area contributed by atoms with E-state index in [1.54, 1.807) is 0 Å². The van der Waals surface area contributed by atoms with Crippen molar-refractivity contribution in [2.24, 2.45) is 0 Å². The molecule has 0 aliphatic heterocycles. The third-order valence-corrected chi connectivity index (χ3v) is 8.29. The largest absolute Gasteiger partial charge is 0.182 e. The van der Waals surface area contributed by atoms with Crippen LogP contribution in [0.5, 0.6) is 0 Å². The minimum absolute atomic E-state index is 0.381. The van der Waals surface area contributed by atoms with Gasteiger partial charge in [0, 0.05) is 27.6 Å². The lowest BCUT2D eigenvalue weighted by atomic mass is 10.2. The van der Waals surface area contributed by atoms with Gasteiger partial charge in [-0.1, -0.05) is 91.0 Å². The smallest absolute Gasteiger partial charge is 0.122 e. The van der Waals surface area contributed by atoms with Crippen LogP contribution in [0.4, 0.5) is 0 Å². The number of hydrogen-bond acceptors (Lipinski definition) is 4. The third-order valence-electron chi connectivity index (χ3n) is 4.03. The average molecular weight is 405 g/mol. The molecular formula is C21H21ClO4S. The zero-order valence-electron chi connectivity index (χ0n) is 14.7. The zero-order valence-corrected chi connectivity index (χ0v) is 16.3. The minimum Gasteiger partial charge on any atom is -0.182 e. The first-order valence-electron chi connectivity index (χ1n) is 8.44. The Kier molecular flexibility index (Phi) is 6.55. The highest BCUT2D eigenvalue weighted by molar-refractivity contribution is 8.27. The Balaban J connectivity index is 2.01. The van der Waals surface area contributed by atoms with Gasteiger partial charge in [-0.15, -0.1) is 0 Å². The molecule has 142 valence electrons. The van der Waals surface area contributed by atoms with Crippen LogP contribution in [-0.2, 0) is 21.0 Å². The van der Waals surface area contributed by atoms with Crippen LogP contribution in [0.2, 0.25) is 0 Å². The fraction of sp³-hybridized carbons (Fsp3) is 0.143. The summed E-state index contributed by atoms with van der Waals surface area (Å²) in [5, 5.41) is 0. The van der Waals surface area contributed by atoms with E-state index in [-0.39, 0.29) is 0 Å². The summed E-state index contributed by atoms with van der Waals surface area (Å²) in [4.78, 5) is 0. The molecule has 0 unspecified atom stereocenters. The average Bonchev–Trinajstić information content (AvgIpc) is 2.62. The number of halogens is 1. The molecule has 3 aromatic rings. The molecule has 3 aromatic carbocycles. The molecule has 0 atom stereocenters. The first-order valence-corrected chi connectivity index (χ1v) is 11.7. The fourth-order valence-corrected chi connectivity index (χ4v) is 7.57. The molecule has 27 heavy (non-hydrogen) atoms. The Bertz CT molecular complexity index is 722. The van der Waals surface area contributed by atoms with Gasteiger partial charge in [-0.3, -0.25) is 0 Å². The number of benzene rings is 3. The van der Waals surface area contributed by atoms with E-state index in [9.17, 15) is 14.0 Å². The van der Waals surface area contributed by atoms with Gasteiger partial charge in [0.25, 0.3) is 0 Å². The Hall–Kier alpha value is -1.86. The Morgan fingerprint density at radius 1 is 0.556 bits per heavy atom. The molecule has 4 nitrogen and oxygen atoms in total. The van der Waals surface area contributed by atoms with Gasteiger partial charge in [0.2, 0.25) is 0 Å². The Morgan fingerprint density at radius 2 is 0.852 bits per heavy atom. The van der Waals surface area contributed by atoms with Crippen molar-refractivity contribution in [3.63, 3.8) is 0 Å². The highest BCUT2D eigenvalue weighted by atomic mass is 35.7. The minimum atomic E-state index is -4.55. The molecule has 0 aromatic heterocycles. The van der Waals surface area contributed by atoms with E-state index >= 15 is 0 Å². The summed E-state index contributed by atoms with van der Waals surface area (Å²) in [5.74, 6) is 1.14. The molecule has 0 bridgehead atoms. The summed E-state index contributed by atoms with van der Waals surface area (Å²) >= 11 is 0. The van der Waals surface area contributed by atoms with Crippen LogP contribution < -0.4 is 14.0 Å². The van der Waals surface area contributed by atoms with E-state index in [2.05, 4.69) is 0 Å². The molecule has 3 rings (SSSR count). The molecule has 0 aliphatic carbocycles. The molecular weight excluding hydrogens is 384 g/mol. The second-order valence-electron chi connectivity index (χ2n) is 6.30. The molecule has 0 aliphatic rings. The van der Waals surface area contributed by atoms with Crippen LogP contribution in [-0.4, -0.2) is 0 Å². The second kappa shape index (κ2) is 8.89. The molecule has 0 N–H and O–H groups in total. The molecule has 0 fully saturated rings. The van der Waals surface area contributed by atoms with Crippen molar-refractivity contribution in [2.45, 2.75) is 17.3 Å². The summed E-state index contributed by atoms with van der Waals surface area (Å²) in [6.07, 6.45) is 0. The van der Waals surface area contributed by atoms with E-state index in [1.807, 2.05) is 91.0 Å². The van der Waals surface area contributed by atoms with Gasteiger partial charge < -0.3 is 0 Å². The maximum atomic E-state index is 11.6. The van der Waals surface area contributed by atoms with E-state index in [1.165, 1.54) is 0 Å². The van der Waals surface area contributed by atoms with Crippen molar-refractivity contribution >= 4 is 10.3 Å². The first-order chi connectivity index (χ1) is 12.9. The van der Waals surface area contributed by atoms with Gasteiger partial charge >= 0.3 is 0 Å². The topological polar surface area (TPSA) is 78.4 Å². The lowest BCUT2D eigenvalue weighted by Gasteiger charge is -2.34. The maximum absolute atomic E-state index is 11.6. The van der Waals surface area contributed by atoms with Crippen molar-refractivity contribution in [1.29, 1.82) is 0 Å². The van der Waals surface area contributed by atoms with E-state index in [0.717, 1.165) is 16.7 Å². The van der Waals surface area contributed by atoms with E-state index in [0.29, 0.717) is 17.3 Å². The van der Waals surface area contributed by atoms with Crippen molar-refractivity contribution < 1.29 is 28.0 Å². The van der Waals surface area contributed by atoms with E-state index < -0.39 is 20.6 Å². The predicted octanol–water partition coefficient (Wildman–Crippen LogP) is 2.22. The van der Waals surface area contributed by atoms with Crippen molar-refractivity contribution in [1.82, 2.24) is 0 Å².